The van der Waals surface area contributed by atoms with Gasteiger partial charge >= 0.3 is 0 Å². The molecule has 1 atom stereocenters. The lowest BCUT2D eigenvalue weighted by Crippen LogP contribution is -2.50. The monoisotopic (exact) mass is 525 g/mol. The van der Waals surface area contributed by atoms with E-state index >= 15 is 0 Å². The normalized spacial score (nSPS) is 13.2. The second kappa shape index (κ2) is 13.0. The SMILES string of the molecule is CCCNC(=O)[C@@H](Cc1ccccc1)N(Cc1cccc(C)c1)C(=O)CCCN1C(=O)c2ccccc2C1=O. The van der Waals surface area contributed by atoms with Gasteiger partial charge in [0.1, 0.15) is 6.04 Å². The maximum absolute atomic E-state index is 13.8. The standard InChI is InChI=1S/C32H35N3O4/c1-3-18-33-30(37)28(21-24-12-5-4-6-13-24)35(22-25-14-9-11-23(2)20-25)29(36)17-10-19-34-31(38)26-15-7-8-16-27(26)32(34)39/h4-9,11-16,20,28H,3,10,17-19,21-22H2,1-2H3,(H,33,37)/t28-/m1/s1. The van der Waals surface area contributed by atoms with Gasteiger partial charge in [0.15, 0.2) is 0 Å². The van der Waals surface area contributed by atoms with Gasteiger partial charge in [0.05, 0.1) is 11.1 Å². The number of nitrogens with zero attached hydrogens (tertiary/aromatic N) is 2. The fraction of sp³-hybridized carbons (Fsp3) is 0.312. The minimum absolute atomic E-state index is 0.103. The lowest BCUT2D eigenvalue weighted by atomic mass is 10.0. The molecule has 0 saturated carbocycles. The summed E-state index contributed by atoms with van der Waals surface area (Å²) < 4.78 is 0. The molecule has 4 rings (SSSR count). The molecule has 0 aromatic heterocycles. The number of aryl methyl sites for hydroxylation is 1. The summed E-state index contributed by atoms with van der Waals surface area (Å²) in [6.07, 6.45) is 1.58. The predicted octanol–water partition coefficient (Wildman–Crippen LogP) is 4.54. The summed E-state index contributed by atoms with van der Waals surface area (Å²) in [5.41, 5.74) is 3.75. The second-order valence-electron chi connectivity index (χ2n) is 9.92. The molecular formula is C32H35N3O4. The van der Waals surface area contributed by atoms with Gasteiger partial charge in [-0.25, -0.2) is 0 Å². The van der Waals surface area contributed by atoms with Gasteiger partial charge < -0.3 is 10.2 Å². The highest BCUT2D eigenvalue weighted by atomic mass is 16.2. The lowest BCUT2D eigenvalue weighted by molar-refractivity contribution is -0.141. The van der Waals surface area contributed by atoms with Crippen LogP contribution in [0.4, 0.5) is 0 Å². The largest absolute Gasteiger partial charge is 0.354 e. The Bertz CT molecular complexity index is 1300. The topological polar surface area (TPSA) is 86.8 Å². The first-order valence-electron chi connectivity index (χ1n) is 13.5. The number of imide groups is 1. The maximum atomic E-state index is 13.8. The van der Waals surface area contributed by atoms with Crippen LogP contribution in [-0.2, 0) is 22.6 Å². The van der Waals surface area contributed by atoms with E-state index in [1.54, 1.807) is 29.2 Å². The van der Waals surface area contributed by atoms with Crippen LogP contribution >= 0.6 is 0 Å². The fourth-order valence-electron chi connectivity index (χ4n) is 4.90. The average molecular weight is 526 g/mol. The van der Waals surface area contributed by atoms with Crippen LogP contribution in [0.15, 0.2) is 78.9 Å². The smallest absolute Gasteiger partial charge is 0.261 e. The molecule has 7 heteroatoms. The molecule has 7 nitrogen and oxygen atoms in total. The quantitative estimate of drug-likeness (QED) is 0.352. The Morgan fingerprint density at radius 1 is 0.872 bits per heavy atom. The van der Waals surface area contributed by atoms with E-state index in [2.05, 4.69) is 5.32 Å². The zero-order valence-electron chi connectivity index (χ0n) is 22.6. The summed E-state index contributed by atoms with van der Waals surface area (Å²) >= 11 is 0. The molecule has 3 aromatic rings. The molecule has 3 aromatic carbocycles. The fourth-order valence-corrected chi connectivity index (χ4v) is 4.90. The maximum Gasteiger partial charge on any atom is 0.261 e. The van der Waals surface area contributed by atoms with E-state index in [1.807, 2.05) is 68.4 Å². The van der Waals surface area contributed by atoms with E-state index in [9.17, 15) is 19.2 Å². The van der Waals surface area contributed by atoms with Crippen molar-refractivity contribution in [2.75, 3.05) is 13.1 Å². The number of carbonyl (C=O) groups is 4. The molecule has 4 amide bonds. The first kappa shape index (κ1) is 27.8. The summed E-state index contributed by atoms with van der Waals surface area (Å²) in [6.45, 7) is 4.93. The third kappa shape index (κ3) is 6.79. The van der Waals surface area contributed by atoms with Crippen LogP contribution in [0, 0.1) is 6.92 Å². The van der Waals surface area contributed by atoms with Gasteiger partial charge in [-0.05, 0) is 43.0 Å². The average Bonchev–Trinajstić information content (AvgIpc) is 3.19. The van der Waals surface area contributed by atoms with Crippen molar-refractivity contribution in [3.8, 4) is 0 Å². The Morgan fingerprint density at radius 2 is 1.51 bits per heavy atom. The zero-order chi connectivity index (χ0) is 27.8. The van der Waals surface area contributed by atoms with Crippen LogP contribution in [0.3, 0.4) is 0 Å². The number of hydrogen-bond acceptors (Lipinski definition) is 4. The molecule has 1 heterocycles. The van der Waals surface area contributed by atoms with Crippen LogP contribution in [0.5, 0.6) is 0 Å². The van der Waals surface area contributed by atoms with Gasteiger partial charge in [0, 0.05) is 32.5 Å². The molecule has 0 bridgehead atoms. The molecule has 0 unspecified atom stereocenters. The zero-order valence-corrected chi connectivity index (χ0v) is 22.6. The Morgan fingerprint density at radius 3 is 2.15 bits per heavy atom. The van der Waals surface area contributed by atoms with Crippen molar-refractivity contribution in [1.82, 2.24) is 15.1 Å². The number of carbonyl (C=O) groups excluding carboxylic acids is 4. The highest BCUT2D eigenvalue weighted by molar-refractivity contribution is 6.21. The number of nitrogens with one attached hydrogen (secondary N) is 1. The van der Waals surface area contributed by atoms with Gasteiger partial charge in [-0.2, -0.15) is 0 Å². The first-order chi connectivity index (χ1) is 18.9. The van der Waals surface area contributed by atoms with Crippen molar-refractivity contribution < 1.29 is 19.2 Å². The number of rotatable bonds is 12. The minimum Gasteiger partial charge on any atom is -0.354 e. The molecule has 0 aliphatic carbocycles. The highest BCUT2D eigenvalue weighted by Gasteiger charge is 2.35. The number of benzene rings is 3. The summed E-state index contributed by atoms with van der Waals surface area (Å²) in [5.74, 6) is -1.05. The predicted molar refractivity (Wildman–Crippen MR) is 150 cm³/mol. The van der Waals surface area contributed by atoms with E-state index in [1.165, 1.54) is 4.90 Å². The molecule has 0 fully saturated rings. The number of fused-ring (bicyclic) bond motifs is 1. The second-order valence-corrected chi connectivity index (χ2v) is 9.92. The summed E-state index contributed by atoms with van der Waals surface area (Å²) in [7, 11) is 0. The third-order valence-corrected chi connectivity index (χ3v) is 6.91. The summed E-state index contributed by atoms with van der Waals surface area (Å²) in [5, 5.41) is 2.98. The van der Waals surface area contributed by atoms with Crippen LogP contribution in [0.1, 0.15) is 63.6 Å². The highest BCUT2D eigenvalue weighted by Crippen LogP contribution is 2.23. The summed E-state index contributed by atoms with van der Waals surface area (Å²) in [4.78, 5) is 55.5. The van der Waals surface area contributed by atoms with Crippen molar-refractivity contribution in [3.63, 3.8) is 0 Å². The van der Waals surface area contributed by atoms with Gasteiger partial charge in [0.2, 0.25) is 11.8 Å². The minimum atomic E-state index is -0.703. The molecule has 1 aliphatic rings. The molecule has 39 heavy (non-hydrogen) atoms. The van der Waals surface area contributed by atoms with Crippen molar-refractivity contribution >= 4 is 23.6 Å². The van der Waals surface area contributed by atoms with Crippen molar-refractivity contribution in [2.24, 2.45) is 0 Å². The Labute approximate surface area is 229 Å². The lowest BCUT2D eigenvalue weighted by Gasteiger charge is -2.32. The summed E-state index contributed by atoms with van der Waals surface area (Å²) in [6, 6.07) is 23.6. The van der Waals surface area contributed by atoms with E-state index in [-0.39, 0.29) is 43.1 Å². The van der Waals surface area contributed by atoms with Gasteiger partial charge in [-0.3, -0.25) is 24.1 Å². The number of hydrogen-bond donors (Lipinski definition) is 1. The van der Waals surface area contributed by atoms with Crippen molar-refractivity contribution in [2.45, 2.75) is 52.1 Å². The Kier molecular flexibility index (Phi) is 9.26. The Balaban J connectivity index is 1.53. The molecule has 1 aliphatic heterocycles. The third-order valence-electron chi connectivity index (χ3n) is 6.91. The molecular weight excluding hydrogens is 490 g/mol. The van der Waals surface area contributed by atoms with E-state index in [4.69, 9.17) is 0 Å². The van der Waals surface area contributed by atoms with Crippen LogP contribution in [0.25, 0.3) is 0 Å². The van der Waals surface area contributed by atoms with Crippen molar-refractivity contribution in [1.29, 1.82) is 0 Å². The molecule has 0 spiro atoms. The van der Waals surface area contributed by atoms with Crippen LogP contribution < -0.4 is 5.32 Å². The van der Waals surface area contributed by atoms with E-state index < -0.39 is 6.04 Å². The van der Waals surface area contributed by atoms with Crippen molar-refractivity contribution in [3.05, 3.63) is 107 Å². The van der Waals surface area contributed by atoms with Gasteiger partial charge in [-0.15, -0.1) is 0 Å². The molecule has 1 N–H and O–H groups in total. The van der Waals surface area contributed by atoms with Gasteiger partial charge in [-0.1, -0.05) is 79.2 Å². The molecule has 0 saturated heterocycles. The first-order valence-corrected chi connectivity index (χ1v) is 13.5. The molecule has 202 valence electrons. The van der Waals surface area contributed by atoms with Gasteiger partial charge in [0.25, 0.3) is 11.8 Å². The van der Waals surface area contributed by atoms with Crippen LogP contribution in [-0.4, -0.2) is 52.6 Å². The Hall–Kier alpha value is -4.26. The van der Waals surface area contributed by atoms with E-state index in [0.29, 0.717) is 30.5 Å². The van der Waals surface area contributed by atoms with E-state index in [0.717, 1.165) is 23.1 Å². The van der Waals surface area contributed by atoms with Crippen LogP contribution in [0.2, 0.25) is 0 Å². The number of amides is 4. The molecule has 0 radical (unpaired) electrons.